The van der Waals surface area contributed by atoms with E-state index in [9.17, 15) is 13.6 Å². The lowest BCUT2D eigenvalue weighted by Gasteiger charge is -2.33. The first kappa shape index (κ1) is 14.4. The van der Waals surface area contributed by atoms with Gasteiger partial charge in [0.05, 0.1) is 0 Å². The van der Waals surface area contributed by atoms with E-state index in [0.717, 1.165) is 44.4 Å². The Morgan fingerprint density at radius 2 is 1.81 bits per heavy atom. The van der Waals surface area contributed by atoms with Crippen molar-refractivity contribution >= 4 is 5.91 Å². The molecule has 0 aromatic heterocycles. The van der Waals surface area contributed by atoms with Crippen molar-refractivity contribution in [3.63, 3.8) is 0 Å². The Labute approximate surface area is 123 Å². The fourth-order valence-electron chi connectivity index (χ4n) is 3.66. The first-order valence-corrected chi connectivity index (χ1v) is 7.54. The lowest BCUT2D eigenvalue weighted by atomic mass is 10.0. The van der Waals surface area contributed by atoms with E-state index >= 15 is 0 Å². The van der Waals surface area contributed by atoms with Gasteiger partial charge < -0.3 is 9.80 Å². The molecule has 114 valence electrons. The fraction of sp³-hybridized carbons (Fsp3) is 0.562. The third-order valence-electron chi connectivity index (χ3n) is 4.75. The van der Waals surface area contributed by atoms with Crippen LogP contribution in [0.2, 0.25) is 0 Å². The van der Waals surface area contributed by atoms with Crippen LogP contribution in [0.5, 0.6) is 0 Å². The highest BCUT2D eigenvalue weighted by atomic mass is 19.2. The summed E-state index contributed by atoms with van der Waals surface area (Å²) in [6.07, 6.45) is 4.22. The van der Waals surface area contributed by atoms with Crippen LogP contribution in [0.15, 0.2) is 18.2 Å². The minimum atomic E-state index is -0.963. The lowest BCUT2D eigenvalue weighted by Crippen LogP contribution is -2.47. The number of carbonyl (C=O) groups excluding carboxylic acids is 1. The number of likely N-dealkylation sites (tertiary alicyclic amines) is 2. The van der Waals surface area contributed by atoms with Crippen LogP contribution in [0.4, 0.5) is 8.78 Å². The van der Waals surface area contributed by atoms with Gasteiger partial charge in [-0.15, -0.1) is 0 Å². The highest BCUT2D eigenvalue weighted by Gasteiger charge is 2.38. The summed E-state index contributed by atoms with van der Waals surface area (Å²) in [4.78, 5) is 16.8. The average molecular weight is 294 g/mol. The molecule has 0 N–H and O–H groups in total. The number of amides is 1. The molecule has 0 unspecified atom stereocenters. The Bertz CT molecular complexity index is 549. The van der Waals surface area contributed by atoms with Crippen molar-refractivity contribution in [3.8, 4) is 0 Å². The van der Waals surface area contributed by atoms with E-state index in [1.807, 2.05) is 4.90 Å². The molecule has 2 aliphatic heterocycles. The number of nitrogens with zero attached hydrogens (tertiary/aromatic N) is 2. The second-order valence-corrected chi connectivity index (χ2v) is 6.03. The maximum absolute atomic E-state index is 13.3. The molecule has 1 amide bonds. The summed E-state index contributed by atoms with van der Waals surface area (Å²) in [5, 5.41) is 0. The van der Waals surface area contributed by atoms with Gasteiger partial charge in [-0.1, -0.05) is 0 Å². The molecule has 21 heavy (non-hydrogen) atoms. The number of likely N-dealkylation sites (N-methyl/N-ethyl adjacent to an activating group) is 1. The molecular formula is C16H20F2N2O. The molecule has 3 rings (SSSR count). The van der Waals surface area contributed by atoms with Crippen LogP contribution in [0.1, 0.15) is 36.0 Å². The Morgan fingerprint density at radius 3 is 2.48 bits per heavy atom. The summed E-state index contributed by atoms with van der Waals surface area (Å²) in [6, 6.07) is 3.98. The molecule has 0 aliphatic carbocycles. The van der Waals surface area contributed by atoms with Crippen molar-refractivity contribution in [1.82, 2.24) is 9.80 Å². The van der Waals surface area contributed by atoms with Gasteiger partial charge in [-0.3, -0.25) is 4.79 Å². The molecule has 0 radical (unpaired) electrons. The van der Waals surface area contributed by atoms with E-state index < -0.39 is 11.6 Å². The smallest absolute Gasteiger partial charge is 0.254 e. The van der Waals surface area contributed by atoms with Gasteiger partial charge in [0.2, 0.25) is 0 Å². The summed E-state index contributed by atoms with van der Waals surface area (Å²) in [5.74, 6) is -2.06. The first-order valence-electron chi connectivity index (χ1n) is 7.54. The Hall–Kier alpha value is -1.49. The zero-order valence-electron chi connectivity index (χ0n) is 12.2. The topological polar surface area (TPSA) is 23.6 Å². The zero-order chi connectivity index (χ0) is 15.0. The standard InChI is InChI=1S/C16H20F2N2O/c1-19-8-2-4-14(19)15-5-3-9-20(15)16(21)11-6-7-12(17)13(18)10-11/h6-7,10,14-15H,2-5,8-9H2,1H3/t14-,15-/m0/s1. The quantitative estimate of drug-likeness (QED) is 0.837. The van der Waals surface area contributed by atoms with E-state index in [2.05, 4.69) is 11.9 Å². The summed E-state index contributed by atoms with van der Waals surface area (Å²) < 4.78 is 26.3. The van der Waals surface area contributed by atoms with Crippen molar-refractivity contribution < 1.29 is 13.6 Å². The molecule has 5 heteroatoms. The van der Waals surface area contributed by atoms with Crippen molar-refractivity contribution in [3.05, 3.63) is 35.4 Å². The highest BCUT2D eigenvalue weighted by molar-refractivity contribution is 5.94. The molecule has 1 aromatic rings. The molecule has 0 saturated carbocycles. The van der Waals surface area contributed by atoms with Gasteiger partial charge in [0.1, 0.15) is 0 Å². The fourth-order valence-corrected chi connectivity index (χ4v) is 3.66. The highest BCUT2D eigenvalue weighted by Crippen LogP contribution is 2.30. The normalized spacial score (nSPS) is 26.5. The van der Waals surface area contributed by atoms with Gasteiger partial charge in [0.25, 0.3) is 5.91 Å². The van der Waals surface area contributed by atoms with E-state index in [0.29, 0.717) is 12.6 Å². The first-order chi connectivity index (χ1) is 10.1. The molecule has 2 heterocycles. The van der Waals surface area contributed by atoms with E-state index in [-0.39, 0.29) is 17.5 Å². The number of rotatable bonds is 2. The summed E-state index contributed by atoms with van der Waals surface area (Å²) in [7, 11) is 2.09. The van der Waals surface area contributed by atoms with Crippen LogP contribution in [-0.2, 0) is 0 Å². The third kappa shape index (κ3) is 2.67. The van der Waals surface area contributed by atoms with Crippen molar-refractivity contribution in [1.29, 1.82) is 0 Å². The van der Waals surface area contributed by atoms with E-state index in [4.69, 9.17) is 0 Å². The number of benzene rings is 1. The number of carbonyl (C=O) groups is 1. The molecule has 2 fully saturated rings. The minimum Gasteiger partial charge on any atom is -0.334 e. The van der Waals surface area contributed by atoms with Crippen molar-refractivity contribution in [2.75, 3.05) is 20.1 Å². The SMILES string of the molecule is CN1CCC[C@H]1[C@@H]1CCCN1C(=O)c1ccc(F)c(F)c1. The Balaban J connectivity index is 1.81. The van der Waals surface area contributed by atoms with E-state index in [1.165, 1.54) is 6.07 Å². The maximum Gasteiger partial charge on any atom is 0.254 e. The maximum atomic E-state index is 13.3. The second kappa shape index (κ2) is 5.72. The van der Waals surface area contributed by atoms with Gasteiger partial charge in [-0.05, 0) is 57.5 Å². The van der Waals surface area contributed by atoms with Gasteiger partial charge in [0.15, 0.2) is 11.6 Å². The van der Waals surface area contributed by atoms with E-state index in [1.54, 1.807) is 0 Å². The lowest BCUT2D eigenvalue weighted by molar-refractivity contribution is 0.0664. The van der Waals surface area contributed by atoms with Crippen LogP contribution >= 0.6 is 0 Å². The van der Waals surface area contributed by atoms with Crippen LogP contribution < -0.4 is 0 Å². The molecule has 1 aromatic carbocycles. The van der Waals surface area contributed by atoms with Crippen LogP contribution in [0.25, 0.3) is 0 Å². The molecule has 3 nitrogen and oxygen atoms in total. The van der Waals surface area contributed by atoms with Crippen LogP contribution in [-0.4, -0.2) is 47.9 Å². The predicted octanol–water partition coefficient (Wildman–Crippen LogP) is 2.66. The Kier molecular flexibility index (Phi) is 3.93. The van der Waals surface area contributed by atoms with Crippen LogP contribution in [0, 0.1) is 11.6 Å². The summed E-state index contributed by atoms with van der Waals surface area (Å²) in [6.45, 7) is 1.77. The zero-order valence-corrected chi connectivity index (χ0v) is 12.2. The van der Waals surface area contributed by atoms with Gasteiger partial charge in [-0.25, -0.2) is 8.78 Å². The molecule has 2 aliphatic rings. The second-order valence-electron chi connectivity index (χ2n) is 6.03. The number of halogens is 2. The molecule has 2 saturated heterocycles. The number of hydrogen-bond acceptors (Lipinski definition) is 2. The van der Waals surface area contributed by atoms with Crippen LogP contribution in [0.3, 0.4) is 0 Å². The van der Waals surface area contributed by atoms with Gasteiger partial charge in [0, 0.05) is 24.2 Å². The van der Waals surface area contributed by atoms with Crippen molar-refractivity contribution in [2.24, 2.45) is 0 Å². The average Bonchev–Trinajstić information content (AvgIpc) is 3.09. The molecule has 0 bridgehead atoms. The minimum absolute atomic E-state index is 0.184. The predicted molar refractivity (Wildman–Crippen MR) is 76.1 cm³/mol. The summed E-state index contributed by atoms with van der Waals surface area (Å²) >= 11 is 0. The van der Waals surface area contributed by atoms with Gasteiger partial charge in [-0.2, -0.15) is 0 Å². The van der Waals surface area contributed by atoms with Gasteiger partial charge >= 0.3 is 0 Å². The number of hydrogen-bond donors (Lipinski definition) is 0. The summed E-state index contributed by atoms with van der Waals surface area (Å²) in [5.41, 5.74) is 0.237. The molecule has 0 spiro atoms. The largest absolute Gasteiger partial charge is 0.334 e. The third-order valence-corrected chi connectivity index (χ3v) is 4.75. The Morgan fingerprint density at radius 1 is 1.10 bits per heavy atom. The monoisotopic (exact) mass is 294 g/mol. The van der Waals surface area contributed by atoms with Crippen molar-refractivity contribution in [2.45, 2.75) is 37.8 Å². The molecular weight excluding hydrogens is 274 g/mol. The molecule has 2 atom stereocenters.